The van der Waals surface area contributed by atoms with Crippen LogP contribution in [0.25, 0.3) is 0 Å². The first-order valence-electron chi connectivity index (χ1n) is 6.52. The SMILES string of the molecule is CCc1cccc(NC(=O)Nc2cccc(SC)c2)c1. The van der Waals surface area contributed by atoms with Crippen molar-refractivity contribution in [2.75, 3.05) is 16.9 Å². The van der Waals surface area contributed by atoms with Crippen LogP contribution in [0.5, 0.6) is 0 Å². The zero-order valence-electron chi connectivity index (χ0n) is 11.6. The zero-order chi connectivity index (χ0) is 14.4. The molecule has 0 bridgehead atoms. The van der Waals surface area contributed by atoms with E-state index in [0.29, 0.717) is 0 Å². The van der Waals surface area contributed by atoms with Crippen LogP contribution in [0.4, 0.5) is 16.2 Å². The molecular weight excluding hydrogens is 268 g/mol. The molecule has 2 aromatic rings. The van der Waals surface area contributed by atoms with Gasteiger partial charge < -0.3 is 10.6 Å². The summed E-state index contributed by atoms with van der Waals surface area (Å²) in [6.45, 7) is 2.09. The largest absolute Gasteiger partial charge is 0.323 e. The lowest BCUT2D eigenvalue weighted by atomic mass is 10.1. The Balaban J connectivity index is 2.01. The molecule has 0 spiro atoms. The van der Waals surface area contributed by atoms with E-state index >= 15 is 0 Å². The van der Waals surface area contributed by atoms with Gasteiger partial charge in [-0.05, 0) is 48.6 Å². The molecule has 104 valence electrons. The van der Waals surface area contributed by atoms with E-state index in [1.54, 1.807) is 11.8 Å². The third-order valence-electron chi connectivity index (χ3n) is 2.92. The third-order valence-corrected chi connectivity index (χ3v) is 3.65. The number of hydrogen-bond acceptors (Lipinski definition) is 2. The standard InChI is InChI=1S/C16H18N2OS/c1-3-12-6-4-7-13(10-12)17-16(19)18-14-8-5-9-15(11-14)20-2/h4-11H,3H2,1-2H3,(H2,17,18,19). The van der Waals surface area contributed by atoms with Gasteiger partial charge in [0.1, 0.15) is 0 Å². The van der Waals surface area contributed by atoms with Crippen LogP contribution < -0.4 is 10.6 Å². The summed E-state index contributed by atoms with van der Waals surface area (Å²) in [7, 11) is 0. The molecule has 0 radical (unpaired) electrons. The number of thioether (sulfide) groups is 1. The smallest absolute Gasteiger partial charge is 0.308 e. The fourth-order valence-electron chi connectivity index (χ4n) is 1.86. The van der Waals surface area contributed by atoms with Crippen LogP contribution in [0.1, 0.15) is 12.5 Å². The summed E-state index contributed by atoms with van der Waals surface area (Å²) in [5.74, 6) is 0. The molecule has 0 saturated heterocycles. The fourth-order valence-corrected chi connectivity index (χ4v) is 2.32. The van der Waals surface area contributed by atoms with E-state index in [9.17, 15) is 4.79 Å². The van der Waals surface area contributed by atoms with Gasteiger partial charge in [-0.2, -0.15) is 0 Å². The number of anilines is 2. The van der Waals surface area contributed by atoms with Gasteiger partial charge in [-0.15, -0.1) is 11.8 Å². The lowest BCUT2D eigenvalue weighted by Gasteiger charge is -2.09. The first-order valence-corrected chi connectivity index (χ1v) is 7.74. The van der Waals surface area contributed by atoms with Crippen LogP contribution in [-0.2, 0) is 6.42 Å². The summed E-state index contributed by atoms with van der Waals surface area (Å²) < 4.78 is 0. The molecule has 2 N–H and O–H groups in total. The normalized spacial score (nSPS) is 10.1. The molecule has 0 unspecified atom stereocenters. The van der Waals surface area contributed by atoms with Crippen molar-refractivity contribution in [3.8, 4) is 0 Å². The molecule has 0 aliphatic carbocycles. The number of rotatable bonds is 4. The number of amides is 2. The van der Waals surface area contributed by atoms with Gasteiger partial charge in [0.25, 0.3) is 0 Å². The molecular formula is C16H18N2OS. The second kappa shape index (κ2) is 7.01. The van der Waals surface area contributed by atoms with E-state index in [2.05, 4.69) is 17.6 Å². The topological polar surface area (TPSA) is 41.1 Å². The highest BCUT2D eigenvalue weighted by Gasteiger charge is 2.03. The van der Waals surface area contributed by atoms with E-state index in [1.165, 1.54) is 5.56 Å². The lowest BCUT2D eigenvalue weighted by molar-refractivity contribution is 0.262. The third kappa shape index (κ3) is 4.03. The van der Waals surface area contributed by atoms with Gasteiger partial charge in [-0.3, -0.25) is 0 Å². The van der Waals surface area contributed by atoms with Crippen LogP contribution in [0.15, 0.2) is 53.4 Å². The second-order valence-electron chi connectivity index (χ2n) is 4.37. The second-order valence-corrected chi connectivity index (χ2v) is 5.24. The van der Waals surface area contributed by atoms with Crippen molar-refractivity contribution in [2.24, 2.45) is 0 Å². The number of hydrogen-bond donors (Lipinski definition) is 2. The number of carbonyl (C=O) groups excluding carboxylic acids is 1. The summed E-state index contributed by atoms with van der Waals surface area (Å²) in [6, 6.07) is 15.4. The molecule has 0 saturated carbocycles. The van der Waals surface area contributed by atoms with E-state index in [0.717, 1.165) is 22.7 Å². The van der Waals surface area contributed by atoms with Crippen molar-refractivity contribution in [1.29, 1.82) is 0 Å². The summed E-state index contributed by atoms with van der Waals surface area (Å²) in [6.07, 6.45) is 2.96. The molecule has 20 heavy (non-hydrogen) atoms. The molecule has 4 heteroatoms. The van der Waals surface area contributed by atoms with Crippen molar-refractivity contribution in [2.45, 2.75) is 18.2 Å². The number of urea groups is 1. The minimum atomic E-state index is -0.225. The fraction of sp³-hybridized carbons (Fsp3) is 0.188. The Morgan fingerprint density at radius 1 is 1.05 bits per heavy atom. The van der Waals surface area contributed by atoms with Crippen molar-refractivity contribution in [3.63, 3.8) is 0 Å². The Hall–Kier alpha value is -1.94. The zero-order valence-corrected chi connectivity index (χ0v) is 12.5. The van der Waals surface area contributed by atoms with E-state index < -0.39 is 0 Å². The highest BCUT2D eigenvalue weighted by molar-refractivity contribution is 7.98. The predicted molar refractivity (Wildman–Crippen MR) is 86.7 cm³/mol. The molecule has 0 aliphatic heterocycles. The van der Waals surface area contributed by atoms with Gasteiger partial charge in [0, 0.05) is 16.3 Å². The molecule has 2 rings (SSSR count). The summed E-state index contributed by atoms with van der Waals surface area (Å²) in [5.41, 5.74) is 2.80. The molecule has 2 amide bonds. The van der Waals surface area contributed by atoms with Crippen LogP contribution >= 0.6 is 11.8 Å². The molecule has 0 fully saturated rings. The Bertz CT molecular complexity index is 547. The van der Waals surface area contributed by atoms with E-state index in [4.69, 9.17) is 0 Å². The number of nitrogens with one attached hydrogen (secondary N) is 2. The van der Waals surface area contributed by atoms with Gasteiger partial charge >= 0.3 is 6.03 Å². The first-order chi connectivity index (χ1) is 9.71. The average Bonchev–Trinajstić information content (AvgIpc) is 2.47. The van der Waals surface area contributed by atoms with Crippen molar-refractivity contribution < 1.29 is 4.79 Å². The van der Waals surface area contributed by atoms with Crippen molar-refractivity contribution >= 4 is 29.2 Å². The summed E-state index contributed by atoms with van der Waals surface area (Å²) >= 11 is 1.65. The minimum absolute atomic E-state index is 0.225. The van der Waals surface area contributed by atoms with E-state index in [1.807, 2.05) is 54.8 Å². The maximum atomic E-state index is 12.0. The quantitative estimate of drug-likeness (QED) is 0.805. The van der Waals surface area contributed by atoms with Gasteiger partial charge in [-0.25, -0.2) is 4.79 Å². The van der Waals surface area contributed by atoms with Crippen LogP contribution in [0, 0.1) is 0 Å². The number of aryl methyl sites for hydroxylation is 1. The Morgan fingerprint density at radius 3 is 2.35 bits per heavy atom. The summed E-state index contributed by atoms with van der Waals surface area (Å²) in [5, 5.41) is 5.68. The predicted octanol–water partition coefficient (Wildman–Crippen LogP) is 4.61. The highest BCUT2D eigenvalue weighted by Crippen LogP contribution is 2.19. The average molecular weight is 286 g/mol. The van der Waals surface area contributed by atoms with Gasteiger partial charge in [0.05, 0.1) is 0 Å². The minimum Gasteiger partial charge on any atom is -0.308 e. The van der Waals surface area contributed by atoms with Gasteiger partial charge in [0.2, 0.25) is 0 Å². The van der Waals surface area contributed by atoms with Crippen LogP contribution in [0.2, 0.25) is 0 Å². The molecule has 0 aromatic heterocycles. The van der Waals surface area contributed by atoms with Crippen molar-refractivity contribution in [3.05, 3.63) is 54.1 Å². The Kier molecular flexibility index (Phi) is 5.07. The molecule has 0 atom stereocenters. The Morgan fingerprint density at radius 2 is 1.70 bits per heavy atom. The highest BCUT2D eigenvalue weighted by atomic mass is 32.2. The molecule has 0 aliphatic rings. The maximum absolute atomic E-state index is 12.0. The maximum Gasteiger partial charge on any atom is 0.323 e. The van der Waals surface area contributed by atoms with Crippen LogP contribution in [-0.4, -0.2) is 12.3 Å². The molecule has 3 nitrogen and oxygen atoms in total. The first kappa shape index (κ1) is 14.5. The van der Waals surface area contributed by atoms with Gasteiger partial charge in [-0.1, -0.05) is 25.1 Å². The van der Waals surface area contributed by atoms with Gasteiger partial charge in [0.15, 0.2) is 0 Å². The summed E-state index contributed by atoms with van der Waals surface area (Å²) in [4.78, 5) is 13.1. The lowest BCUT2D eigenvalue weighted by Crippen LogP contribution is -2.19. The monoisotopic (exact) mass is 286 g/mol. The van der Waals surface area contributed by atoms with Crippen LogP contribution in [0.3, 0.4) is 0 Å². The van der Waals surface area contributed by atoms with E-state index in [-0.39, 0.29) is 6.03 Å². The Labute approximate surface area is 123 Å². The number of benzene rings is 2. The molecule has 2 aromatic carbocycles. The number of carbonyl (C=O) groups is 1. The molecule has 0 heterocycles. The van der Waals surface area contributed by atoms with Crippen molar-refractivity contribution in [1.82, 2.24) is 0 Å².